The molecule has 2 aliphatic rings. The Balaban J connectivity index is 0.00000312. The van der Waals surface area contributed by atoms with Crippen LogP contribution in [0.1, 0.15) is 39.5 Å². The van der Waals surface area contributed by atoms with Gasteiger partial charge in [-0.2, -0.15) is 0 Å². The van der Waals surface area contributed by atoms with Gasteiger partial charge in [-0.15, -0.1) is 24.0 Å². The van der Waals surface area contributed by atoms with Crippen molar-refractivity contribution in [1.82, 2.24) is 15.1 Å². The van der Waals surface area contributed by atoms with E-state index in [9.17, 15) is 4.79 Å². The first-order chi connectivity index (χ1) is 11.5. The number of ether oxygens (including phenoxy) is 1. The number of carbonyl (C=O) groups is 1. The summed E-state index contributed by atoms with van der Waals surface area (Å²) in [4.78, 5) is 20.9. The molecule has 1 N–H and O–H groups in total. The van der Waals surface area contributed by atoms with Crippen molar-refractivity contribution in [2.75, 3.05) is 46.9 Å². The fraction of sp³-hybridized carbons (Fsp3) is 0.889. The Hall–Kier alpha value is -0.570. The highest BCUT2D eigenvalue weighted by atomic mass is 127. The molecule has 0 radical (unpaired) electrons. The first kappa shape index (κ1) is 22.5. The number of aliphatic imine (C=N–C) groups is 1. The van der Waals surface area contributed by atoms with E-state index in [0.29, 0.717) is 12.0 Å². The molecule has 2 rings (SSSR count). The van der Waals surface area contributed by atoms with Gasteiger partial charge in [0.05, 0.1) is 13.0 Å². The van der Waals surface area contributed by atoms with Crippen molar-refractivity contribution in [3.63, 3.8) is 0 Å². The van der Waals surface area contributed by atoms with Crippen LogP contribution in [-0.4, -0.2) is 74.7 Å². The number of methoxy groups -OCH3 is 1. The number of rotatable bonds is 4. The van der Waals surface area contributed by atoms with Gasteiger partial charge in [0.2, 0.25) is 0 Å². The van der Waals surface area contributed by atoms with Crippen LogP contribution in [0.5, 0.6) is 0 Å². The van der Waals surface area contributed by atoms with Crippen LogP contribution < -0.4 is 5.32 Å². The number of carbonyl (C=O) groups excluding carboxylic acids is 1. The van der Waals surface area contributed by atoms with Crippen LogP contribution in [0, 0.1) is 11.8 Å². The van der Waals surface area contributed by atoms with Crippen molar-refractivity contribution >= 4 is 35.9 Å². The van der Waals surface area contributed by atoms with Gasteiger partial charge in [0.25, 0.3) is 0 Å². The molecule has 1 unspecified atom stereocenters. The van der Waals surface area contributed by atoms with Gasteiger partial charge in [-0.25, -0.2) is 0 Å². The smallest absolute Gasteiger partial charge is 0.308 e. The van der Waals surface area contributed by atoms with E-state index in [2.05, 4.69) is 34.0 Å². The minimum Gasteiger partial charge on any atom is -0.469 e. The van der Waals surface area contributed by atoms with Gasteiger partial charge in [-0.1, -0.05) is 0 Å². The molecule has 0 aromatic heterocycles. The molecule has 2 saturated heterocycles. The Morgan fingerprint density at radius 1 is 1.24 bits per heavy atom. The number of nitrogens with one attached hydrogen (secondary N) is 1. The Morgan fingerprint density at radius 2 is 1.92 bits per heavy atom. The summed E-state index contributed by atoms with van der Waals surface area (Å²) in [7, 11) is 3.32. The largest absolute Gasteiger partial charge is 0.469 e. The molecular formula is C18H35IN4O2. The van der Waals surface area contributed by atoms with Crippen molar-refractivity contribution < 1.29 is 9.53 Å². The lowest BCUT2D eigenvalue weighted by molar-refractivity contribution is -0.146. The molecule has 0 amide bonds. The molecule has 0 aromatic carbocycles. The van der Waals surface area contributed by atoms with Gasteiger partial charge < -0.3 is 19.9 Å². The lowest BCUT2D eigenvalue weighted by atomic mass is 9.96. The van der Waals surface area contributed by atoms with Crippen LogP contribution in [0.25, 0.3) is 0 Å². The van der Waals surface area contributed by atoms with Crippen molar-refractivity contribution in [2.24, 2.45) is 16.8 Å². The standard InChI is InChI=1S/C18H34N4O2.HI/c1-14(2)22-9-5-6-15(13-22)12-20-18(19-3)21-10-7-16(8-11-21)17(23)24-4;/h14-16H,5-13H2,1-4H3,(H,19,20);1H. The lowest BCUT2D eigenvalue weighted by Crippen LogP contribution is -2.49. The summed E-state index contributed by atoms with van der Waals surface area (Å²) in [5.74, 6) is 1.63. The third-order valence-corrected chi connectivity index (χ3v) is 5.37. The highest BCUT2D eigenvalue weighted by molar-refractivity contribution is 14.0. The van der Waals surface area contributed by atoms with Crippen molar-refractivity contribution in [3.8, 4) is 0 Å². The van der Waals surface area contributed by atoms with Gasteiger partial charge in [0, 0.05) is 39.3 Å². The highest BCUT2D eigenvalue weighted by Crippen LogP contribution is 2.20. The van der Waals surface area contributed by atoms with Crippen molar-refractivity contribution in [3.05, 3.63) is 0 Å². The lowest BCUT2D eigenvalue weighted by Gasteiger charge is -2.37. The summed E-state index contributed by atoms with van der Waals surface area (Å²) in [6, 6.07) is 0.629. The van der Waals surface area contributed by atoms with Crippen LogP contribution in [0.3, 0.4) is 0 Å². The zero-order valence-electron chi connectivity index (χ0n) is 16.2. The molecule has 2 aliphatic heterocycles. The second-order valence-corrected chi connectivity index (χ2v) is 7.31. The summed E-state index contributed by atoms with van der Waals surface area (Å²) in [5, 5.41) is 3.56. The summed E-state index contributed by atoms with van der Waals surface area (Å²) >= 11 is 0. The Morgan fingerprint density at radius 3 is 2.48 bits per heavy atom. The monoisotopic (exact) mass is 466 g/mol. The van der Waals surface area contributed by atoms with E-state index in [1.165, 1.54) is 33.0 Å². The molecular weight excluding hydrogens is 431 g/mol. The van der Waals surface area contributed by atoms with Gasteiger partial charge in [0.1, 0.15) is 0 Å². The Bertz CT molecular complexity index is 437. The van der Waals surface area contributed by atoms with Crippen molar-refractivity contribution in [2.45, 2.75) is 45.6 Å². The number of guanidine groups is 1. The molecule has 0 spiro atoms. The molecule has 0 aromatic rings. The maximum atomic E-state index is 11.6. The van der Waals surface area contributed by atoms with Gasteiger partial charge in [-0.3, -0.25) is 9.79 Å². The quantitative estimate of drug-likeness (QED) is 0.298. The number of hydrogen-bond donors (Lipinski definition) is 1. The van der Waals surface area contributed by atoms with E-state index in [4.69, 9.17) is 4.74 Å². The third-order valence-electron chi connectivity index (χ3n) is 5.37. The number of piperidine rings is 2. The van der Waals surface area contributed by atoms with Crippen LogP contribution in [0.2, 0.25) is 0 Å². The van der Waals surface area contributed by atoms with Crippen LogP contribution >= 0.6 is 24.0 Å². The van der Waals surface area contributed by atoms with E-state index in [0.717, 1.165) is 38.4 Å². The zero-order chi connectivity index (χ0) is 17.5. The summed E-state index contributed by atoms with van der Waals surface area (Å²) in [6.45, 7) is 9.66. The second-order valence-electron chi connectivity index (χ2n) is 7.31. The molecule has 0 aliphatic carbocycles. The molecule has 146 valence electrons. The van der Waals surface area contributed by atoms with Gasteiger partial charge in [-0.05, 0) is 52.0 Å². The SMILES string of the molecule is CN=C(NCC1CCCN(C(C)C)C1)N1CCC(C(=O)OC)CC1.I. The van der Waals surface area contributed by atoms with Crippen LogP contribution in [-0.2, 0) is 9.53 Å². The summed E-state index contributed by atoms with van der Waals surface area (Å²) in [5.41, 5.74) is 0. The zero-order valence-corrected chi connectivity index (χ0v) is 18.5. The molecule has 1 atom stereocenters. The highest BCUT2D eigenvalue weighted by Gasteiger charge is 2.27. The summed E-state index contributed by atoms with van der Waals surface area (Å²) in [6.07, 6.45) is 4.27. The number of esters is 1. The average molecular weight is 466 g/mol. The predicted molar refractivity (Wildman–Crippen MR) is 113 cm³/mol. The minimum absolute atomic E-state index is 0. The van der Waals surface area contributed by atoms with E-state index in [1.54, 1.807) is 0 Å². The molecule has 0 bridgehead atoms. The number of nitrogens with zero attached hydrogens (tertiary/aromatic N) is 3. The number of likely N-dealkylation sites (tertiary alicyclic amines) is 2. The molecule has 2 heterocycles. The Labute approximate surface area is 169 Å². The van der Waals surface area contributed by atoms with Gasteiger partial charge in [0.15, 0.2) is 5.96 Å². The normalized spacial score (nSPS) is 23.3. The molecule has 6 nitrogen and oxygen atoms in total. The predicted octanol–water partition coefficient (Wildman–Crippen LogP) is 2.19. The minimum atomic E-state index is -0.0754. The van der Waals surface area contributed by atoms with Crippen LogP contribution in [0.15, 0.2) is 4.99 Å². The molecule has 0 saturated carbocycles. The molecule has 7 heteroatoms. The van der Waals surface area contributed by atoms with Crippen LogP contribution in [0.4, 0.5) is 0 Å². The molecule has 2 fully saturated rings. The maximum absolute atomic E-state index is 11.6. The fourth-order valence-electron chi connectivity index (χ4n) is 3.79. The third kappa shape index (κ3) is 6.58. The first-order valence-electron chi connectivity index (χ1n) is 9.32. The fourth-order valence-corrected chi connectivity index (χ4v) is 3.79. The number of halogens is 1. The molecule has 25 heavy (non-hydrogen) atoms. The summed E-state index contributed by atoms with van der Waals surface area (Å²) < 4.78 is 4.86. The van der Waals surface area contributed by atoms with Gasteiger partial charge >= 0.3 is 5.97 Å². The number of hydrogen-bond acceptors (Lipinski definition) is 4. The second kappa shape index (κ2) is 11.2. The maximum Gasteiger partial charge on any atom is 0.308 e. The average Bonchev–Trinajstić information content (AvgIpc) is 2.62. The van der Waals surface area contributed by atoms with Crippen molar-refractivity contribution in [1.29, 1.82) is 0 Å². The first-order valence-corrected chi connectivity index (χ1v) is 9.32. The van der Waals surface area contributed by atoms with E-state index in [-0.39, 0.29) is 35.9 Å². The van der Waals surface area contributed by atoms with E-state index >= 15 is 0 Å². The van der Waals surface area contributed by atoms with E-state index in [1.807, 2.05) is 7.05 Å². The topological polar surface area (TPSA) is 57.2 Å². The van der Waals surface area contributed by atoms with E-state index < -0.39 is 0 Å². The Kier molecular flexibility index (Phi) is 10.1.